The number of carbonyl (C=O) groups is 1. The summed E-state index contributed by atoms with van der Waals surface area (Å²) in [5.74, 6) is 1.23. The van der Waals surface area contributed by atoms with E-state index in [-0.39, 0.29) is 12.4 Å². The van der Waals surface area contributed by atoms with Crippen LogP contribution in [0.15, 0.2) is 40.1 Å². The first kappa shape index (κ1) is 18.1. The zero-order valence-corrected chi connectivity index (χ0v) is 15.1. The summed E-state index contributed by atoms with van der Waals surface area (Å²) in [6, 6.07) is 7.08. The van der Waals surface area contributed by atoms with E-state index in [2.05, 4.69) is 25.7 Å². The fourth-order valence-corrected chi connectivity index (χ4v) is 2.34. The number of amides is 1. The molecule has 0 aliphatic carbocycles. The monoisotopic (exact) mass is 369 g/mol. The average molecular weight is 369 g/mol. The Morgan fingerprint density at radius 1 is 1.33 bits per heavy atom. The van der Waals surface area contributed by atoms with Crippen LogP contribution in [0.5, 0.6) is 0 Å². The van der Waals surface area contributed by atoms with Crippen LogP contribution in [0.2, 0.25) is 0 Å². The zero-order chi connectivity index (χ0) is 19.4. The molecule has 0 aliphatic rings. The van der Waals surface area contributed by atoms with Crippen molar-refractivity contribution in [1.82, 2.24) is 19.9 Å². The lowest BCUT2D eigenvalue weighted by Gasteiger charge is -2.05. The van der Waals surface area contributed by atoms with Gasteiger partial charge in [-0.25, -0.2) is 9.67 Å². The van der Waals surface area contributed by atoms with Crippen LogP contribution < -0.4 is 11.1 Å². The molecule has 140 valence electrons. The second-order valence-electron chi connectivity index (χ2n) is 5.86. The Labute approximate surface area is 155 Å². The third-order valence-electron chi connectivity index (χ3n) is 3.52. The maximum absolute atomic E-state index is 11.7. The van der Waals surface area contributed by atoms with Crippen molar-refractivity contribution in [1.29, 1.82) is 0 Å². The van der Waals surface area contributed by atoms with Crippen molar-refractivity contribution in [3.8, 4) is 5.82 Å². The maximum Gasteiger partial charge on any atom is 0.266 e. The second kappa shape index (κ2) is 7.68. The molecule has 3 N–H and O–H groups in total. The lowest BCUT2D eigenvalue weighted by Crippen LogP contribution is -2.19. The molecule has 0 spiro atoms. The first-order chi connectivity index (χ1) is 12.9. The van der Waals surface area contributed by atoms with Gasteiger partial charge in [0, 0.05) is 23.5 Å². The van der Waals surface area contributed by atoms with E-state index < -0.39 is 5.91 Å². The Morgan fingerprint density at radius 3 is 2.74 bits per heavy atom. The second-order valence-corrected chi connectivity index (χ2v) is 5.86. The lowest BCUT2D eigenvalue weighted by atomic mass is 10.2. The maximum atomic E-state index is 11.7. The van der Waals surface area contributed by atoms with Crippen LogP contribution >= 0.6 is 0 Å². The van der Waals surface area contributed by atoms with Gasteiger partial charge in [0.15, 0.2) is 24.1 Å². The van der Waals surface area contributed by atoms with E-state index >= 15 is 0 Å². The molecule has 0 unspecified atom stereocenters. The number of anilines is 1. The van der Waals surface area contributed by atoms with Crippen LogP contribution in [0, 0.1) is 20.8 Å². The highest BCUT2D eigenvalue weighted by molar-refractivity contribution is 5.97. The van der Waals surface area contributed by atoms with Crippen molar-refractivity contribution in [2.45, 2.75) is 20.8 Å². The van der Waals surface area contributed by atoms with Gasteiger partial charge < -0.3 is 20.4 Å². The number of pyridine rings is 1. The van der Waals surface area contributed by atoms with E-state index in [9.17, 15) is 4.79 Å². The number of nitrogens with zero attached hydrogens (tertiary/aromatic N) is 5. The van der Waals surface area contributed by atoms with Gasteiger partial charge >= 0.3 is 0 Å². The number of hydrogen-bond acceptors (Lipinski definition) is 7. The number of amidine groups is 1. The molecule has 0 atom stereocenters. The van der Waals surface area contributed by atoms with Crippen LogP contribution in [0.1, 0.15) is 22.7 Å². The molecule has 3 rings (SSSR count). The van der Waals surface area contributed by atoms with Gasteiger partial charge in [0.2, 0.25) is 0 Å². The fourth-order valence-electron chi connectivity index (χ4n) is 2.34. The Hall–Kier alpha value is -3.69. The summed E-state index contributed by atoms with van der Waals surface area (Å²) < 4.78 is 6.58. The first-order valence-electron chi connectivity index (χ1n) is 8.11. The van der Waals surface area contributed by atoms with E-state index in [1.807, 2.05) is 19.9 Å². The predicted octanol–water partition coefficient (Wildman–Crippen LogP) is 1.46. The quantitative estimate of drug-likeness (QED) is 0.381. The van der Waals surface area contributed by atoms with Gasteiger partial charge in [-0.2, -0.15) is 5.10 Å². The van der Waals surface area contributed by atoms with Gasteiger partial charge in [-0.3, -0.25) is 4.79 Å². The van der Waals surface area contributed by atoms with E-state index in [1.54, 1.807) is 36.0 Å². The molecule has 0 aromatic carbocycles. The minimum atomic E-state index is -0.433. The summed E-state index contributed by atoms with van der Waals surface area (Å²) in [6.07, 6.45) is 1.56. The molecule has 0 bridgehead atoms. The zero-order valence-electron chi connectivity index (χ0n) is 15.1. The van der Waals surface area contributed by atoms with Crippen molar-refractivity contribution in [3.63, 3.8) is 0 Å². The highest BCUT2D eigenvalue weighted by Crippen LogP contribution is 2.10. The lowest BCUT2D eigenvalue weighted by molar-refractivity contribution is -0.120. The van der Waals surface area contributed by atoms with Gasteiger partial charge in [-0.1, -0.05) is 10.3 Å². The summed E-state index contributed by atoms with van der Waals surface area (Å²) >= 11 is 0. The normalized spacial score (nSPS) is 11.4. The van der Waals surface area contributed by atoms with Crippen molar-refractivity contribution < 1.29 is 14.2 Å². The van der Waals surface area contributed by atoms with Gasteiger partial charge in [0.25, 0.3) is 5.91 Å². The van der Waals surface area contributed by atoms with Crippen LogP contribution in [-0.4, -0.2) is 38.3 Å². The summed E-state index contributed by atoms with van der Waals surface area (Å²) in [5.41, 5.74) is 8.31. The minimum absolute atomic E-state index is 0.104. The molecule has 0 saturated carbocycles. The number of oxime groups is 1. The molecular weight excluding hydrogens is 350 g/mol. The Balaban J connectivity index is 1.57. The molecule has 0 fully saturated rings. The predicted molar refractivity (Wildman–Crippen MR) is 97.4 cm³/mol. The summed E-state index contributed by atoms with van der Waals surface area (Å²) in [4.78, 5) is 21.0. The summed E-state index contributed by atoms with van der Waals surface area (Å²) in [7, 11) is 0. The topological polar surface area (TPSA) is 133 Å². The molecule has 10 nitrogen and oxygen atoms in total. The van der Waals surface area contributed by atoms with Crippen molar-refractivity contribution in [3.05, 3.63) is 53.2 Å². The van der Waals surface area contributed by atoms with Crippen molar-refractivity contribution >= 4 is 17.6 Å². The smallest absolute Gasteiger partial charge is 0.266 e. The molecule has 27 heavy (non-hydrogen) atoms. The molecule has 0 radical (unpaired) electrons. The molecule has 3 heterocycles. The number of nitrogens with one attached hydrogen (secondary N) is 1. The molecular formula is C17H19N7O3. The number of rotatable bonds is 6. The Bertz CT molecular complexity index is 973. The minimum Gasteiger partial charge on any atom is -0.384 e. The molecule has 0 saturated heterocycles. The first-order valence-corrected chi connectivity index (χ1v) is 8.11. The molecule has 1 amide bonds. The standard InChI is InChI=1S/C17H19N7O3/c1-10-6-11(2)24(21-10)15-5-4-13(8-19-15)17(18)23-26-9-16(25)20-14-7-12(3)27-22-14/h4-8H,9H2,1-3H3,(H2,18,23)(H,20,22,25). The Kier molecular flexibility index (Phi) is 5.15. The third kappa shape index (κ3) is 4.48. The van der Waals surface area contributed by atoms with Gasteiger partial charge in [-0.05, 0) is 39.0 Å². The van der Waals surface area contributed by atoms with Gasteiger partial charge in [0.05, 0.1) is 5.69 Å². The van der Waals surface area contributed by atoms with Crippen LogP contribution in [0.25, 0.3) is 5.82 Å². The van der Waals surface area contributed by atoms with Gasteiger partial charge in [-0.15, -0.1) is 0 Å². The van der Waals surface area contributed by atoms with E-state index in [4.69, 9.17) is 15.1 Å². The van der Waals surface area contributed by atoms with Crippen LogP contribution in [-0.2, 0) is 9.63 Å². The molecule has 0 aliphatic heterocycles. The third-order valence-corrected chi connectivity index (χ3v) is 3.52. The van der Waals surface area contributed by atoms with E-state index in [0.717, 1.165) is 11.4 Å². The van der Waals surface area contributed by atoms with E-state index in [0.29, 0.717) is 23.0 Å². The fraction of sp³-hybridized carbons (Fsp3) is 0.235. The van der Waals surface area contributed by atoms with Crippen LogP contribution in [0.4, 0.5) is 5.82 Å². The van der Waals surface area contributed by atoms with E-state index in [1.165, 1.54) is 0 Å². The average Bonchev–Trinajstić information content (AvgIpc) is 3.19. The molecule has 3 aromatic rings. The summed E-state index contributed by atoms with van der Waals surface area (Å²) in [5, 5.41) is 14.3. The van der Waals surface area contributed by atoms with Crippen molar-refractivity contribution in [2.75, 3.05) is 11.9 Å². The van der Waals surface area contributed by atoms with Gasteiger partial charge in [0.1, 0.15) is 5.76 Å². The number of aromatic nitrogens is 4. The molecule has 10 heteroatoms. The van der Waals surface area contributed by atoms with Crippen molar-refractivity contribution in [2.24, 2.45) is 10.9 Å². The largest absolute Gasteiger partial charge is 0.384 e. The SMILES string of the molecule is Cc1cc(C)n(-c2ccc(C(N)=NOCC(=O)Nc3cc(C)on3)cn2)n1. The number of hydrogen-bond donors (Lipinski definition) is 2. The summed E-state index contributed by atoms with van der Waals surface area (Å²) in [6.45, 7) is 5.27. The highest BCUT2D eigenvalue weighted by atomic mass is 16.6. The number of nitrogens with two attached hydrogens (primary N) is 1. The number of carbonyl (C=O) groups excluding carboxylic acids is 1. The number of aryl methyl sites for hydroxylation is 3. The van der Waals surface area contributed by atoms with Crippen LogP contribution in [0.3, 0.4) is 0 Å². The Morgan fingerprint density at radius 2 is 2.15 bits per heavy atom. The highest BCUT2D eigenvalue weighted by Gasteiger charge is 2.08. The molecule has 3 aromatic heterocycles.